The molecule has 2 atom stereocenters. The van der Waals surface area contributed by atoms with Crippen molar-refractivity contribution in [3.05, 3.63) is 88.0 Å². The van der Waals surface area contributed by atoms with Crippen LogP contribution in [0.3, 0.4) is 0 Å². The molecule has 1 aromatic heterocycles. The lowest BCUT2D eigenvalue weighted by Crippen LogP contribution is -2.35. The zero-order valence-electron chi connectivity index (χ0n) is 23.0. The smallest absolute Gasteiger partial charge is 0.335 e. The van der Waals surface area contributed by atoms with E-state index in [1.807, 2.05) is 12.1 Å². The molecule has 4 aromatic rings. The van der Waals surface area contributed by atoms with Crippen molar-refractivity contribution in [2.24, 2.45) is 0 Å². The number of likely N-dealkylation sites (tertiary alicyclic amines) is 1. The number of hydrogen-bond donors (Lipinski definition) is 2. The highest BCUT2D eigenvalue weighted by atomic mass is 35.5. The maximum atomic E-state index is 14.6. The van der Waals surface area contributed by atoms with Crippen LogP contribution in [0.4, 0.5) is 4.39 Å². The van der Waals surface area contributed by atoms with Crippen LogP contribution in [0.1, 0.15) is 58.8 Å². The summed E-state index contributed by atoms with van der Waals surface area (Å²) >= 11 is 5.92. The second-order valence-electron chi connectivity index (χ2n) is 10.9. The quantitative estimate of drug-likeness (QED) is 0.255. The lowest BCUT2D eigenvalue weighted by atomic mass is 9.88. The number of imidazole rings is 1. The standard InChI is InChI=1S/C31H29ClFN3O5.H3N/c32-20-5-6-23(24(33)15-20)31-40-27-3-1-2-22(29(27)41-31)18-8-11-35(12-9-18)17-28-34-25-7-4-19(30(37)38)14-26(25)36(28)16-21-10-13-39-21;/h1-7,14-15,18,21,31H,8-13,16-17H2,(H,37,38);1H3/t21-,31-;/m0./s1. The van der Waals surface area contributed by atoms with Gasteiger partial charge in [-0.25, -0.2) is 14.2 Å². The molecule has 3 aromatic carbocycles. The summed E-state index contributed by atoms with van der Waals surface area (Å²) in [4.78, 5) is 18.9. The molecular weight excluding hydrogens is 563 g/mol. The predicted molar refractivity (Wildman–Crippen MR) is 155 cm³/mol. The van der Waals surface area contributed by atoms with Gasteiger partial charge in [0.2, 0.25) is 0 Å². The van der Waals surface area contributed by atoms with E-state index in [0.29, 0.717) is 35.2 Å². The number of benzene rings is 3. The Labute approximate surface area is 247 Å². The number of rotatable bonds is 7. The maximum Gasteiger partial charge on any atom is 0.335 e. The molecule has 0 spiro atoms. The van der Waals surface area contributed by atoms with Crippen molar-refractivity contribution >= 4 is 28.6 Å². The monoisotopic (exact) mass is 594 g/mol. The number of ether oxygens (including phenoxy) is 3. The van der Waals surface area contributed by atoms with Crippen molar-refractivity contribution in [3.8, 4) is 11.5 Å². The second kappa shape index (κ2) is 11.5. The summed E-state index contributed by atoms with van der Waals surface area (Å²) < 4.78 is 34.5. The Morgan fingerprint density at radius 1 is 1.05 bits per heavy atom. The Kier molecular flexibility index (Phi) is 7.80. The van der Waals surface area contributed by atoms with E-state index >= 15 is 0 Å². The minimum Gasteiger partial charge on any atom is -0.478 e. The third kappa shape index (κ3) is 5.31. The molecule has 0 bridgehead atoms. The molecule has 9 nitrogen and oxygen atoms in total. The van der Waals surface area contributed by atoms with Crippen LogP contribution in [0.15, 0.2) is 54.6 Å². The van der Waals surface area contributed by atoms with Crippen molar-refractivity contribution in [3.63, 3.8) is 0 Å². The first-order valence-electron chi connectivity index (χ1n) is 13.9. The zero-order chi connectivity index (χ0) is 28.1. The van der Waals surface area contributed by atoms with E-state index in [1.54, 1.807) is 30.3 Å². The number of carboxylic acid groups (broad SMARTS) is 1. The SMILES string of the molecule is N.O=C(O)c1ccc2nc(CN3CCC(c4cccc5c4O[C@@H](c4ccc(Cl)cc4F)O5)CC3)n(C[C@@H]3CCO3)c2c1. The fraction of sp³-hybridized carbons (Fsp3) is 0.355. The fourth-order valence-corrected chi connectivity index (χ4v) is 6.16. The Morgan fingerprint density at radius 3 is 2.57 bits per heavy atom. The molecule has 2 fully saturated rings. The molecule has 0 aliphatic carbocycles. The van der Waals surface area contributed by atoms with Crippen LogP contribution < -0.4 is 15.6 Å². The number of aromatic carboxylic acids is 1. The molecule has 0 saturated carbocycles. The van der Waals surface area contributed by atoms with E-state index in [4.69, 9.17) is 30.8 Å². The van der Waals surface area contributed by atoms with Gasteiger partial charge in [-0.05, 0) is 80.7 Å². The molecule has 7 rings (SSSR count). The number of piperidine rings is 1. The average molecular weight is 595 g/mol. The minimum atomic E-state index is -0.949. The number of para-hydroxylation sites is 1. The van der Waals surface area contributed by atoms with E-state index in [2.05, 4.69) is 15.5 Å². The van der Waals surface area contributed by atoms with Gasteiger partial charge in [-0.15, -0.1) is 0 Å². The Morgan fingerprint density at radius 2 is 1.86 bits per heavy atom. The van der Waals surface area contributed by atoms with Gasteiger partial charge in [0.1, 0.15) is 11.6 Å². The van der Waals surface area contributed by atoms with Gasteiger partial charge in [-0.1, -0.05) is 23.7 Å². The lowest BCUT2D eigenvalue weighted by Gasteiger charge is -2.33. The van der Waals surface area contributed by atoms with Gasteiger partial charge in [0, 0.05) is 17.2 Å². The molecule has 0 amide bonds. The molecular formula is C31H32ClFN4O5. The van der Waals surface area contributed by atoms with Gasteiger partial charge >= 0.3 is 5.97 Å². The van der Waals surface area contributed by atoms with Gasteiger partial charge in [0.15, 0.2) is 11.5 Å². The average Bonchev–Trinajstić information content (AvgIpc) is 3.51. The van der Waals surface area contributed by atoms with E-state index < -0.39 is 18.1 Å². The van der Waals surface area contributed by atoms with Crippen LogP contribution in [0.25, 0.3) is 11.0 Å². The fourth-order valence-electron chi connectivity index (χ4n) is 6.00. The molecule has 2 saturated heterocycles. The summed E-state index contributed by atoms with van der Waals surface area (Å²) in [5, 5.41) is 9.84. The van der Waals surface area contributed by atoms with Crippen molar-refractivity contribution in [1.82, 2.24) is 20.6 Å². The van der Waals surface area contributed by atoms with E-state index in [1.165, 1.54) is 6.07 Å². The third-order valence-corrected chi connectivity index (χ3v) is 8.57. The van der Waals surface area contributed by atoms with E-state index in [0.717, 1.165) is 61.4 Å². The summed E-state index contributed by atoms with van der Waals surface area (Å²) in [6.07, 6.45) is 2.11. The first kappa shape index (κ1) is 28.4. The van der Waals surface area contributed by atoms with Crippen molar-refractivity contribution < 1.29 is 28.5 Å². The summed E-state index contributed by atoms with van der Waals surface area (Å²) in [7, 11) is 0. The van der Waals surface area contributed by atoms with Crippen LogP contribution in [0.2, 0.25) is 5.02 Å². The second-order valence-corrected chi connectivity index (χ2v) is 11.3. The molecule has 42 heavy (non-hydrogen) atoms. The highest BCUT2D eigenvalue weighted by molar-refractivity contribution is 6.30. The molecule has 0 radical (unpaired) electrons. The van der Waals surface area contributed by atoms with Crippen molar-refractivity contribution in [2.45, 2.75) is 50.7 Å². The lowest BCUT2D eigenvalue weighted by molar-refractivity contribution is -0.0592. The van der Waals surface area contributed by atoms with Crippen LogP contribution in [0.5, 0.6) is 11.5 Å². The topological polar surface area (TPSA) is 121 Å². The molecule has 4 N–H and O–H groups in total. The molecule has 0 unspecified atom stereocenters. The van der Waals surface area contributed by atoms with Gasteiger partial charge in [0.25, 0.3) is 6.29 Å². The number of hydrogen-bond acceptors (Lipinski definition) is 7. The summed E-state index contributed by atoms with van der Waals surface area (Å²) in [5.41, 5.74) is 3.27. The van der Waals surface area contributed by atoms with Crippen LogP contribution in [-0.2, 0) is 17.8 Å². The van der Waals surface area contributed by atoms with Crippen LogP contribution >= 0.6 is 11.6 Å². The Bertz CT molecular complexity index is 1630. The first-order valence-corrected chi connectivity index (χ1v) is 14.3. The van der Waals surface area contributed by atoms with Crippen LogP contribution in [0, 0.1) is 5.82 Å². The Balaban J connectivity index is 0.00000316. The molecule has 4 heterocycles. The molecule has 11 heteroatoms. The largest absolute Gasteiger partial charge is 0.478 e. The number of carbonyl (C=O) groups is 1. The van der Waals surface area contributed by atoms with Gasteiger partial charge in [0.05, 0.1) is 41.4 Å². The van der Waals surface area contributed by atoms with Gasteiger partial charge < -0.3 is 30.0 Å². The zero-order valence-corrected chi connectivity index (χ0v) is 23.7. The van der Waals surface area contributed by atoms with Crippen molar-refractivity contribution in [1.29, 1.82) is 0 Å². The number of carboxylic acids is 1. The normalized spacial score (nSPS) is 20.3. The maximum absolute atomic E-state index is 14.6. The van der Waals surface area contributed by atoms with Crippen LogP contribution in [-0.4, -0.2) is 51.3 Å². The highest BCUT2D eigenvalue weighted by Crippen LogP contribution is 2.47. The molecule has 3 aliphatic rings. The predicted octanol–water partition coefficient (Wildman–Crippen LogP) is 6.33. The summed E-state index contributed by atoms with van der Waals surface area (Å²) in [6, 6.07) is 15.5. The van der Waals surface area contributed by atoms with E-state index in [9.17, 15) is 14.3 Å². The molecule has 3 aliphatic heterocycles. The van der Waals surface area contributed by atoms with E-state index in [-0.39, 0.29) is 23.7 Å². The summed E-state index contributed by atoms with van der Waals surface area (Å²) in [6.45, 7) is 3.82. The third-order valence-electron chi connectivity index (χ3n) is 8.33. The number of nitrogens with zero attached hydrogens (tertiary/aromatic N) is 3. The van der Waals surface area contributed by atoms with Gasteiger partial charge in [-0.2, -0.15) is 0 Å². The summed E-state index contributed by atoms with van der Waals surface area (Å²) in [5.74, 6) is 1.09. The first-order chi connectivity index (χ1) is 19.9. The highest BCUT2D eigenvalue weighted by Gasteiger charge is 2.33. The number of aromatic nitrogens is 2. The minimum absolute atomic E-state index is 0. The number of halogens is 2. The van der Waals surface area contributed by atoms with Crippen molar-refractivity contribution in [2.75, 3.05) is 19.7 Å². The van der Waals surface area contributed by atoms with Gasteiger partial charge in [-0.3, -0.25) is 4.90 Å². The molecule has 220 valence electrons. The Hall–Kier alpha value is -3.70. The number of fused-ring (bicyclic) bond motifs is 2.